The predicted octanol–water partition coefficient (Wildman–Crippen LogP) is 4.43. The van der Waals surface area contributed by atoms with Crippen LogP contribution in [-0.2, 0) is 0 Å². The second-order valence-corrected chi connectivity index (χ2v) is 8.27. The Hall–Kier alpha value is -2.05. The van der Waals surface area contributed by atoms with Gasteiger partial charge in [-0.2, -0.15) is 0 Å². The minimum absolute atomic E-state index is 0.0142. The molecule has 0 unspecified atom stereocenters. The lowest BCUT2D eigenvalue weighted by Crippen LogP contribution is -2.45. The first-order chi connectivity index (χ1) is 12.6. The van der Waals surface area contributed by atoms with Crippen molar-refractivity contribution in [2.24, 2.45) is 0 Å². The van der Waals surface area contributed by atoms with Crippen LogP contribution >= 0.6 is 22.9 Å². The van der Waals surface area contributed by atoms with Crippen LogP contribution in [0.15, 0.2) is 30.3 Å². The third kappa shape index (κ3) is 3.44. The van der Waals surface area contributed by atoms with Crippen LogP contribution in [0.1, 0.15) is 45.7 Å². The number of halogens is 1. The molecule has 1 fully saturated rings. The Morgan fingerprint density at radius 2 is 2.12 bits per heavy atom. The van der Waals surface area contributed by atoms with Gasteiger partial charge in [-0.1, -0.05) is 11.6 Å². The van der Waals surface area contributed by atoms with E-state index in [1.165, 1.54) is 11.3 Å². The van der Waals surface area contributed by atoms with Crippen LogP contribution in [0.25, 0.3) is 0 Å². The molecule has 1 atom stereocenters. The highest BCUT2D eigenvalue weighted by Gasteiger charge is 2.31. The summed E-state index contributed by atoms with van der Waals surface area (Å²) < 4.78 is 6.38. The molecule has 0 saturated carbocycles. The second kappa shape index (κ2) is 7.29. The van der Waals surface area contributed by atoms with Gasteiger partial charge in [0.25, 0.3) is 11.8 Å². The van der Waals surface area contributed by atoms with Crippen LogP contribution in [0.2, 0.25) is 4.34 Å². The first-order valence-electron chi connectivity index (χ1n) is 8.76. The summed E-state index contributed by atoms with van der Waals surface area (Å²) >= 11 is 7.11. The summed E-state index contributed by atoms with van der Waals surface area (Å²) in [7, 11) is 0. The molecule has 136 valence electrons. The van der Waals surface area contributed by atoms with E-state index < -0.39 is 0 Å². The van der Waals surface area contributed by atoms with Crippen molar-refractivity contribution in [1.29, 1.82) is 0 Å². The summed E-state index contributed by atoms with van der Waals surface area (Å²) in [6, 6.07) is 8.85. The van der Waals surface area contributed by atoms with Gasteiger partial charge in [0.1, 0.15) is 5.75 Å². The number of carbonyl (C=O) groups excluding carboxylic acids is 2. The molecule has 2 aliphatic rings. The first-order valence-corrected chi connectivity index (χ1v) is 9.96. The maximum Gasteiger partial charge on any atom is 0.265 e. The van der Waals surface area contributed by atoms with Crippen molar-refractivity contribution < 1.29 is 14.3 Å². The Labute approximate surface area is 160 Å². The van der Waals surface area contributed by atoms with Crippen LogP contribution in [-0.4, -0.2) is 35.9 Å². The number of nitrogens with one attached hydrogen (secondary N) is 1. The second-order valence-electron chi connectivity index (χ2n) is 6.55. The normalized spacial score (nSPS) is 19.7. The molecule has 2 aliphatic heterocycles. The Morgan fingerprint density at radius 1 is 1.23 bits per heavy atom. The quantitative estimate of drug-likeness (QED) is 0.825. The number of fused-ring (bicyclic) bond motifs is 2. The first kappa shape index (κ1) is 17.4. The average Bonchev–Trinajstić information content (AvgIpc) is 3.08. The van der Waals surface area contributed by atoms with Gasteiger partial charge in [-0.05, 0) is 49.6 Å². The van der Waals surface area contributed by atoms with E-state index in [4.69, 9.17) is 16.3 Å². The molecule has 0 bridgehead atoms. The largest absolute Gasteiger partial charge is 0.493 e. The molecule has 1 aromatic carbocycles. The topological polar surface area (TPSA) is 58.6 Å². The highest BCUT2D eigenvalue weighted by Crippen LogP contribution is 2.31. The van der Waals surface area contributed by atoms with Gasteiger partial charge in [0, 0.05) is 24.7 Å². The lowest BCUT2D eigenvalue weighted by atomic mass is 9.97. The molecule has 0 radical (unpaired) electrons. The number of amides is 2. The number of piperidine rings is 1. The van der Waals surface area contributed by atoms with Crippen LogP contribution in [0.4, 0.5) is 5.69 Å². The predicted molar refractivity (Wildman–Crippen MR) is 103 cm³/mol. The highest BCUT2D eigenvalue weighted by molar-refractivity contribution is 7.18. The van der Waals surface area contributed by atoms with Gasteiger partial charge in [-0.3, -0.25) is 9.59 Å². The zero-order valence-corrected chi connectivity index (χ0v) is 15.7. The molecule has 1 N–H and O–H groups in total. The lowest BCUT2D eigenvalue weighted by molar-refractivity contribution is 0.0548. The monoisotopic (exact) mass is 390 g/mol. The lowest BCUT2D eigenvalue weighted by Gasteiger charge is -2.37. The van der Waals surface area contributed by atoms with E-state index in [9.17, 15) is 9.59 Å². The van der Waals surface area contributed by atoms with E-state index in [1.807, 2.05) is 4.90 Å². The minimum Gasteiger partial charge on any atom is -0.493 e. The fraction of sp³-hybridized carbons (Fsp3) is 0.368. The van der Waals surface area contributed by atoms with Gasteiger partial charge < -0.3 is 15.0 Å². The number of nitrogens with zero attached hydrogens (tertiary/aromatic N) is 1. The van der Waals surface area contributed by atoms with E-state index in [0.29, 0.717) is 32.8 Å². The number of rotatable bonds is 2. The summed E-state index contributed by atoms with van der Waals surface area (Å²) in [6.07, 6.45) is 4.08. The van der Waals surface area contributed by atoms with Gasteiger partial charge in [-0.25, -0.2) is 0 Å². The zero-order chi connectivity index (χ0) is 18.1. The third-order valence-electron chi connectivity index (χ3n) is 4.86. The van der Waals surface area contributed by atoms with Crippen molar-refractivity contribution in [1.82, 2.24) is 4.90 Å². The number of carbonyl (C=O) groups is 2. The summed E-state index contributed by atoms with van der Waals surface area (Å²) in [5.41, 5.74) is 1.09. The fourth-order valence-corrected chi connectivity index (χ4v) is 4.50. The smallest absolute Gasteiger partial charge is 0.265 e. The SMILES string of the molecule is O=C(Nc1ccc2c(c1)C(=O)N1CCCC[C@@H]1CCO2)c1ccc(Cl)s1. The Morgan fingerprint density at radius 3 is 2.92 bits per heavy atom. The molecular formula is C19H19ClN2O3S. The number of benzene rings is 1. The maximum absolute atomic E-state index is 13.1. The van der Waals surface area contributed by atoms with Crippen molar-refractivity contribution in [3.05, 3.63) is 45.1 Å². The Balaban J connectivity index is 1.60. The van der Waals surface area contributed by atoms with E-state index >= 15 is 0 Å². The van der Waals surface area contributed by atoms with Crippen LogP contribution in [0.3, 0.4) is 0 Å². The van der Waals surface area contributed by atoms with Gasteiger partial charge in [0.2, 0.25) is 0 Å². The van der Waals surface area contributed by atoms with E-state index in [1.54, 1.807) is 30.3 Å². The minimum atomic E-state index is -0.239. The summed E-state index contributed by atoms with van der Waals surface area (Å²) in [6.45, 7) is 1.38. The molecule has 3 heterocycles. The summed E-state index contributed by atoms with van der Waals surface area (Å²) in [5, 5.41) is 2.84. The molecule has 4 rings (SSSR count). The average molecular weight is 391 g/mol. The fourth-order valence-electron chi connectivity index (χ4n) is 3.56. The van der Waals surface area contributed by atoms with Gasteiger partial charge in [-0.15, -0.1) is 11.3 Å². The molecule has 7 heteroatoms. The number of thiophene rings is 1. The number of anilines is 1. The zero-order valence-electron chi connectivity index (χ0n) is 14.2. The van der Waals surface area contributed by atoms with Crippen molar-refractivity contribution in [2.75, 3.05) is 18.5 Å². The van der Waals surface area contributed by atoms with Gasteiger partial charge in [0.05, 0.1) is 21.4 Å². The highest BCUT2D eigenvalue weighted by atomic mass is 35.5. The third-order valence-corrected chi connectivity index (χ3v) is 6.09. The molecule has 1 aromatic heterocycles. The van der Waals surface area contributed by atoms with Crippen LogP contribution in [0, 0.1) is 0 Å². The molecule has 26 heavy (non-hydrogen) atoms. The van der Waals surface area contributed by atoms with Crippen molar-refractivity contribution in [3.8, 4) is 5.75 Å². The summed E-state index contributed by atoms with van der Waals surface area (Å²) in [5.74, 6) is 0.327. The van der Waals surface area contributed by atoms with E-state index in [-0.39, 0.29) is 17.9 Å². The number of hydrogen-bond acceptors (Lipinski definition) is 4. The van der Waals surface area contributed by atoms with Crippen molar-refractivity contribution >= 4 is 40.4 Å². The molecule has 0 aliphatic carbocycles. The maximum atomic E-state index is 13.1. The van der Waals surface area contributed by atoms with Crippen LogP contribution < -0.4 is 10.1 Å². The standard InChI is InChI=1S/C19H19ClN2O3S/c20-17-7-6-16(26-17)18(23)21-12-4-5-15-14(11-12)19(24)22-9-2-1-3-13(22)8-10-25-15/h4-7,11,13H,1-3,8-10H2,(H,21,23)/t13-/m1/s1. The van der Waals surface area contributed by atoms with Crippen molar-refractivity contribution in [2.45, 2.75) is 31.7 Å². The van der Waals surface area contributed by atoms with Gasteiger partial charge >= 0.3 is 0 Å². The van der Waals surface area contributed by atoms with E-state index in [2.05, 4.69) is 5.32 Å². The molecule has 0 spiro atoms. The number of ether oxygens (including phenoxy) is 1. The molecular weight excluding hydrogens is 372 g/mol. The molecule has 2 amide bonds. The summed E-state index contributed by atoms with van der Waals surface area (Å²) in [4.78, 5) is 27.9. The Bertz CT molecular complexity index is 851. The number of hydrogen-bond donors (Lipinski definition) is 1. The van der Waals surface area contributed by atoms with Crippen LogP contribution in [0.5, 0.6) is 5.75 Å². The molecule has 5 nitrogen and oxygen atoms in total. The Kier molecular flexibility index (Phi) is 4.87. The van der Waals surface area contributed by atoms with Gasteiger partial charge in [0.15, 0.2) is 0 Å². The molecule has 2 aromatic rings. The van der Waals surface area contributed by atoms with Crippen molar-refractivity contribution in [3.63, 3.8) is 0 Å². The van der Waals surface area contributed by atoms with E-state index in [0.717, 1.165) is 32.2 Å². The molecule has 1 saturated heterocycles.